The Labute approximate surface area is 139 Å². The summed E-state index contributed by atoms with van der Waals surface area (Å²) in [5.41, 5.74) is 2.37. The van der Waals surface area contributed by atoms with E-state index < -0.39 is 0 Å². The number of likely N-dealkylation sites (N-methyl/N-ethyl adjacent to an activating group) is 1. The summed E-state index contributed by atoms with van der Waals surface area (Å²) in [6, 6.07) is 13.7. The van der Waals surface area contributed by atoms with Gasteiger partial charge < -0.3 is 10.2 Å². The van der Waals surface area contributed by atoms with Gasteiger partial charge in [-0.1, -0.05) is 24.3 Å². The van der Waals surface area contributed by atoms with Crippen LogP contribution in [-0.2, 0) is 0 Å². The number of carbonyl (C=O) groups excluding carboxylic acids is 1. The van der Waals surface area contributed by atoms with Crippen molar-refractivity contribution in [2.24, 2.45) is 0 Å². The van der Waals surface area contributed by atoms with Gasteiger partial charge in [-0.25, -0.2) is 4.98 Å². The Hall–Kier alpha value is -2.24. The number of fused-ring (bicyclic) bond motifs is 1. The molecule has 0 aliphatic carbocycles. The van der Waals surface area contributed by atoms with Crippen LogP contribution in [0.5, 0.6) is 0 Å². The number of carbonyl (C=O) groups is 1. The van der Waals surface area contributed by atoms with Crippen molar-refractivity contribution in [3.8, 4) is 10.6 Å². The highest BCUT2D eigenvalue weighted by Crippen LogP contribution is 2.27. The molecule has 0 radical (unpaired) electrons. The maximum absolute atomic E-state index is 12.6. The molecule has 1 N–H and O–H groups in total. The molecule has 0 aliphatic heterocycles. The fourth-order valence-electron chi connectivity index (χ4n) is 2.40. The van der Waals surface area contributed by atoms with Gasteiger partial charge in [0.2, 0.25) is 0 Å². The lowest BCUT2D eigenvalue weighted by Crippen LogP contribution is -2.31. The first kappa shape index (κ1) is 15.6. The van der Waals surface area contributed by atoms with Gasteiger partial charge in [-0.3, -0.25) is 4.79 Å². The van der Waals surface area contributed by atoms with E-state index in [-0.39, 0.29) is 5.91 Å². The van der Waals surface area contributed by atoms with Crippen molar-refractivity contribution in [1.29, 1.82) is 0 Å². The van der Waals surface area contributed by atoms with Gasteiger partial charge in [0.1, 0.15) is 0 Å². The minimum atomic E-state index is -0.0525. The zero-order valence-electron chi connectivity index (χ0n) is 13.2. The Kier molecular flexibility index (Phi) is 4.69. The standard InChI is InChI=1S/C18H19N3OS/c1-21(2)10-9-19-18(22)14-12-16(17-8-5-11-23-17)20-15-7-4-3-6-13(14)15/h3-8,11-12H,9-10H2,1-2H3,(H,19,22). The van der Waals surface area contributed by atoms with E-state index in [9.17, 15) is 4.79 Å². The van der Waals surface area contributed by atoms with E-state index in [0.717, 1.165) is 28.0 Å². The number of nitrogens with one attached hydrogen (secondary N) is 1. The van der Waals surface area contributed by atoms with E-state index in [1.807, 2.05) is 66.8 Å². The molecule has 0 bridgehead atoms. The molecule has 2 aromatic heterocycles. The maximum atomic E-state index is 12.6. The summed E-state index contributed by atoms with van der Waals surface area (Å²) in [4.78, 5) is 20.4. The molecule has 5 heteroatoms. The topological polar surface area (TPSA) is 45.2 Å². The zero-order chi connectivity index (χ0) is 16.2. The molecule has 0 fully saturated rings. The number of benzene rings is 1. The zero-order valence-corrected chi connectivity index (χ0v) is 14.1. The van der Waals surface area contributed by atoms with Crippen molar-refractivity contribution in [2.45, 2.75) is 0 Å². The number of amides is 1. The normalized spacial score (nSPS) is 11.1. The maximum Gasteiger partial charge on any atom is 0.252 e. The highest BCUT2D eigenvalue weighted by atomic mass is 32.1. The fourth-order valence-corrected chi connectivity index (χ4v) is 3.09. The molecule has 4 nitrogen and oxygen atoms in total. The summed E-state index contributed by atoms with van der Waals surface area (Å²) in [5, 5.41) is 5.89. The Balaban J connectivity index is 1.98. The van der Waals surface area contributed by atoms with Crippen LogP contribution in [0, 0.1) is 0 Å². The molecular weight excluding hydrogens is 306 g/mol. The molecule has 1 aromatic carbocycles. The number of para-hydroxylation sites is 1. The predicted molar refractivity (Wildman–Crippen MR) is 95.9 cm³/mol. The van der Waals surface area contributed by atoms with Crippen LogP contribution in [0.2, 0.25) is 0 Å². The summed E-state index contributed by atoms with van der Waals surface area (Å²) >= 11 is 1.63. The second-order valence-electron chi connectivity index (χ2n) is 5.61. The third kappa shape index (κ3) is 3.57. The number of aromatic nitrogens is 1. The Bertz CT molecular complexity index is 812. The van der Waals surface area contributed by atoms with Gasteiger partial charge in [0.25, 0.3) is 5.91 Å². The predicted octanol–water partition coefficient (Wildman–Crippen LogP) is 3.25. The summed E-state index contributed by atoms with van der Waals surface area (Å²) in [7, 11) is 3.98. The van der Waals surface area contributed by atoms with Gasteiger partial charge in [0.15, 0.2) is 0 Å². The highest BCUT2D eigenvalue weighted by molar-refractivity contribution is 7.13. The number of hydrogen-bond acceptors (Lipinski definition) is 4. The van der Waals surface area contributed by atoms with Crippen LogP contribution in [-0.4, -0.2) is 43.0 Å². The second-order valence-corrected chi connectivity index (χ2v) is 6.56. The molecule has 0 spiro atoms. The van der Waals surface area contributed by atoms with E-state index in [4.69, 9.17) is 4.98 Å². The summed E-state index contributed by atoms with van der Waals surface area (Å²) in [6.45, 7) is 1.43. The summed E-state index contributed by atoms with van der Waals surface area (Å²) < 4.78 is 0. The van der Waals surface area contributed by atoms with E-state index in [0.29, 0.717) is 12.1 Å². The smallest absolute Gasteiger partial charge is 0.252 e. The second kappa shape index (κ2) is 6.89. The lowest BCUT2D eigenvalue weighted by atomic mass is 10.1. The highest BCUT2D eigenvalue weighted by Gasteiger charge is 2.14. The molecule has 0 aliphatic rings. The number of pyridine rings is 1. The largest absolute Gasteiger partial charge is 0.351 e. The van der Waals surface area contributed by atoms with Crippen LogP contribution < -0.4 is 5.32 Å². The minimum Gasteiger partial charge on any atom is -0.351 e. The Morgan fingerprint density at radius 2 is 2.04 bits per heavy atom. The first-order valence-electron chi connectivity index (χ1n) is 7.52. The van der Waals surface area contributed by atoms with Crippen LogP contribution in [0.15, 0.2) is 47.8 Å². The molecule has 2 heterocycles. The number of hydrogen-bond donors (Lipinski definition) is 1. The fraction of sp³-hybridized carbons (Fsp3) is 0.222. The van der Waals surface area contributed by atoms with Gasteiger partial charge in [-0.15, -0.1) is 11.3 Å². The van der Waals surface area contributed by atoms with Crippen molar-refractivity contribution < 1.29 is 4.79 Å². The lowest BCUT2D eigenvalue weighted by Gasteiger charge is -2.12. The van der Waals surface area contributed by atoms with E-state index in [2.05, 4.69) is 5.32 Å². The van der Waals surface area contributed by atoms with Crippen molar-refractivity contribution in [1.82, 2.24) is 15.2 Å². The average Bonchev–Trinajstić information content (AvgIpc) is 3.07. The molecule has 0 saturated heterocycles. The van der Waals surface area contributed by atoms with Gasteiger partial charge in [0, 0.05) is 18.5 Å². The van der Waals surface area contributed by atoms with E-state index >= 15 is 0 Å². The molecular formula is C18H19N3OS. The Morgan fingerprint density at radius 1 is 1.22 bits per heavy atom. The Morgan fingerprint density at radius 3 is 2.78 bits per heavy atom. The first-order valence-corrected chi connectivity index (χ1v) is 8.40. The molecule has 118 valence electrons. The van der Waals surface area contributed by atoms with Gasteiger partial charge >= 0.3 is 0 Å². The van der Waals surface area contributed by atoms with Crippen LogP contribution >= 0.6 is 11.3 Å². The quantitative estimate of drug-likeness (QED) is 0.783. The van der Waals surface area contributed by atoms with Crippen molar-refractivity contribution in [3.05, 3.63) is 53.4 Å². The van der Waals surface area contributed by atoms with E-state index in [1.165, 1.54) is 0 Å². The number of nitrogens with zero attached hydrogens (tertiary/aromatic N) is 2. The molecule has 0 atom stereocenters. The average molecular weight is 325 g/mol. The van der Waals surface area contributed by atoms with Gasteiger partial charge in [-0.05, 0) is 37.7 Å². The monoisotopic (exact) mass is 325 g/mol. The summed E-state index contributed by atoms with van der Waals surface area (Å²) in [6.07, 6.45) is 0. The lowest BCUT2D eigenvalue weighted by molar-refractivity contribution is 0.0952. The molecule has 0 unspecified atom stereocenters. The van der Waals surface area contributed by atoms with Crippen LogP contribution in [0.1, 0.15) is 10.4 Å². The third-order valence-corrected chi connectivity index (χ3v) is 4.47. The van der Waals surface area contributed by atoms with Crippen LogP contribution in [0.3, 0.4) is 0 Å². The van der Waals surface area contributed by atoms with Gasteiger partial charge in [-0.2, -0.15) is 0 Å². The molecule has 1 amide bonds. The van der Waals surface area contributed by atoms with E-state index in [1.54, 1.807) is 11.3 Å². The number of rotatable bonds is 5. The van der Waals surface area contributed by atoms with Crippen molar-refractivity contribution >= 4 is 28.1 Å². The van der Waals surface area contributed by atoms with Crippen molar-refractivity contribution in [2.75, 3.05) is 27.2 Å². The first-order chi connectivity index (χ1) is 11.1. The summed E-state index contributed by atoms with van der Waals surface area (Å²) in [5.74, 6) is -0.0525. The molecule has 23 heavy (non-hydrogen) atoms. The van der Waals surface area contributed by atoms with Crippen LogP contribution in [0.25, 0.3) is 21.5 Å². The number of thiophene rings is 1. The molecule has 0 saturated carbocycles. The third-order valence-electron chi connectivity index (χ3n) is 3.58. The molecule has 3 aromatic rings. The minimum absolute atomic E-state index is 0.0525. The SMILES string of the molecule is CN(C)CCNC(=O)c1cc(-c2cccs2)nc2ccccc12. The van der Waals surface area contributed by atoms with Gasteiger partial charge in [0.05, 0.1) is 21.7 Å². The molecule has 3 rings (SSSR count). The van der Waals surface area contributed by atoms with Crippen molar-refractivity contribution in [3.63, 3.8) is 0 Å². The van der Waals surface area contributed by atoms with Crippen LogP contribution in [0.4, 0.5) is 0 Å².